The first-order chi connectivity index (χ1) is 6.09. The molecule has 1 aromatic rings. The zero-order chi connectivity index (χ0) is 9.84. The van der Waals surface area contributed by atoms with Gasteiger partial charge in [-0.05, 0) is 60.1 Å². The van der Waals surface area contributed by atoms with Gasteiger partial charge in [0.2, 0.25) is 0 Å². The second kappa shape index (κ2) is 4.81. The number of benzene rings is 1. The molecule has 2 nitrogen and oxygen atoms in total. The topological polar surface area (TPSA) is 46.2 Å². The van der Waals surface area contributed by atoms with Gasteiger partial charge in [0.15, 0.2) is 0 Å². The Balaban J connectivity index is 2.63. The molecule has 0 saturated carbocycles. The number of aryl methyl sites for hydroxylation is 1. The summed E-state index contributed by atoms with van der Waals surface area (Å²) in [5, 5.41) is 9.29. The molecular formula is C10H14INO. The van der Waals surface area contributed by atoms with Crippen molar-refractivity contribution in [2.45, 2.75) is 25.8 Å². The number of aromatic hydroxyl groups is 1. The fourth-order valence-corrected chi connectivity index (χ4v) is 1.68. The van der Waals surface area contributed by atoms with Crippen LogP contribution in [-0.2, 0) is 6.42 Å². The van der Waals surface area contributed by atoms with Crippen LogP contribution in [0.25, 0.3) is 0 Å². The first-order valence-corrected chi connectivity index (χ1v) is 5.40. The van der Waals surface area contributed by atoms with Gasteiger partial charge in [-0.2, -0.15) is 0 Å². The molecule has 0 aliphatic heterocycles. The molecule has 1 rings (SSSR count). The molecule has 0 amide bonds. The predicted octanol–water partition coefficient (Wildman–Crippen LogP) is 2.28. The predicted molar refractivity (Wildman–Crippen MR) is 62.8 cm³/mol. The molecule has 0 heterocycles. The lowest BCUT2D eigenvalue weighted by Crippen LogP contribution is -2.15. The van der Waals surface area contributed by atoms with E-state index in [9.17, 15) is 5.11 Å². The first kappa shape index (κ1) is 10.8. The fraction of sp³-hybridized carbons (Fsp3) is 0.400. The molecule has 1 aromatic carbocycles. The second-order valence-electron chi connectivity index (χ2n) is 3.30. The number of hydrogen-bond acceptors (Lipinski definition) is 2. The van der Waals surface area contributed by atoms with E-state index in [4.69, 9.17) is 5.73 Å². The Hall–Kier alpha value is -0.290. The van der Waals surface area contributed by atoms with Crippen LogP contribution in [0.3, 0.4) is 0 Å². The summed E-state index contributed by atoms with van der Waals surface area (Å²) >= 11 is 2.13. The van der Waals surface area contributed by atoms with Gasteiger partial charge in [-0.3, -0.25) is 0 Å². The minimum atomic E-state index is 0.242. The zero-order valence-electron chi connectivity index (χ0n) is 7.63. The summed E-state index contributed by atoms with van der Waals surface area (Å²) in [7, 11) is 0. The SMILES string of the molecule is C[C@@H](N)CCc1ccc(O)c(I)c1. The third-order valence-corrected chi connectivity index (χ3v) is 2.76. The highest BCUT2D eigenvalue weighted by atomic mass is 127. The van der Waals surface area contributed by atoms with E-state index < -0.39 is 0 Å². The molecule has 72 valence electrons. The Kier molecular flexibility index (Phi) is 3.99. The monoisotopic (exact) mass is 291 g/mol. The van der Waals surface area contributed by atoms with E-state index in [1.807, 2.05) is 19.1 Å². The van der Waals surface area contributed by atoms with Gasteiger partial charge >= 0.3 is 0 Å². The zero-order valence-corrected chi connectivity index (χ0v) is 9.78. The normalized spacial score (nSPS) is 12.8. The van der Waals surface area contributed by atoms with Crippen molar-refractivity contribution in [3.63, 3.8) is 0 Å². The molecule has 0 bridgehead atoms. The van der Waals surface area contributed by atoms with Crippen molar-refractivity contribution in [1.82, 2.24) is 0 Å². The van der Waals surface area contributed by atoms with E-state index in [0.29, 0.717) is 5.75 Å². The van der Waals surface area contributed by atoms with Crippen molar-refractivity contribution in [2.24, 2.45) is 5.73 Å². The van der Waals surface area contributed by atoms with Crippen molar-refractivity contribution >= 4 is 22.6 Å². The standard InChI is InChI=1S/C10H14INO/c1-7(12)2-3-8-4-5-10(13)9(11)6-8/h4-7,13H,2-3,12H2,1H3/t7-/m1/s1. The maximum absolute atomic E-state index is 9.29. The number of phenols is 1. The van der Waals surface area contributed by atoms with E-state index >= 15 is 0 Å². The summed E-state index contributed by atoms with van der Waals surface area (Å²) in [4.78, 5) is 0. The van der Waals surface area contributed by atoms with Crippen LogP contribution in [0.4, 0.5) is 0 Å². The van der Waals surface area contributed by atoms with E-state index in [0.717, 1.165) is 16.4 Å². The molecule has 0 aromatic heterocycles. The van der Waals surface area contributed by atoms with Crippen LogP contribution < -0.4 is 5.73 Å². The van der Waals surface area contributed by atoms with Gasteiger partial charge in [-0.1, -0.05) is 6.07 Å². The molecule has 0 saturated heterocycles. The number of phenolic OH excluding ortho intramolecular Hbond substituents is 1. The number of rotatable bonds is 3. The maximum Gasteiger partial charge on any atom is 0.128 e. The largest absolute Gasteiger partial charge is 0.507 e. The Bertz CT molecular complexity index is 286. The molecular weight excluding hydrogens is 277 g/mol. The lowest BCUT2D eigenvalue weighted by atomic mass is 10.1. The summed E-state index contributed by atoms with van der Waals surface area (Å²) in [6.07, 6.45) is 1.97. The molecule has 3 heteroatoms. The van der Waals surface area contributed by atoms with Crippen LogP contribution in [0, 0.1) is 3.57 Å². The van der Waals surface area contributed by atoms with Gasteiger partial charge in [-0.15, -0.1) is 0 Å². The van der Waals surface area contributed by atoms with Crippen molar-refractivity contribution in [1.29, 1.82) is 0 Å². The Morgan fingerprint density at radius 2 is 2.23 bits per heavy atom. The third kappa shape index (κ3) is 3.52. The van der Waals surface area contributed by atoms with Gasteiger partial charge < -0.3 is 10.8 Å². The fourth-order valence-electron chi connectivity index (χ4n) is 1.10. The van der Waals surface area contributed by atoms with E-state index in [2.05, 4.69) is 22.6 Å². The van der Waals surface area contributed by atoms with E-state index in [1.165, 1.54) is 5.56 Å². The van der Waals surface area contributed by atoms with Gasteiger partial charge in [0.25, 0.3) is 0 Å². The van der Waals surface area contributed by atoms with Gasteiger partial charge in [0.05, 0.1) is 3.57 Å². The van der Waals surface area contributed by atoms with Crippen LogP contribution in [0.15, 0.2) is 18.2 Å². The first-order valence-electron chi connectivity index (χ1n) is 4.32. The van der Waals surface area contributed by atoms with Crippen LogP contribution in [0.1, 0.15) is 18.9 Å². The lowest BCUT2D eigenvalue weighted by Gasteiger charge is -2.05. The minimum Gasteiger partial charge on any atom is -0.507 e. The minimum absolute atomic E-state index is 0.242. The number of nitrogens with two attached hydrogens (primary N) is 1. The molecule has 0 radical (unpaired) electrons. The molecule has 0 aliphatic carbocycles. The summed E-state index contributed by atoms with van der Waals surface area (Å²) in [5.41, 5.74) is 6.89. The van der Waals surface area contributed by atoms with Gasteiger partial charge in [0.1, 0.15) is 5.75 Å². The molecule has 0 spiro atoms. The van der Waals surface area contributed by atoms with Crippen LogP contribution in [0.2, 0.25) is 0 Å². The molecule has 0 unspecified atom stereocenters. The molecule has 3 N–H and O–H groups in total. The van der Waals surface area contributed by atoms with E-state index in [1.54, 1.807) is 6.07 Å². The van der Waals surface area contributed by atoms with Crippen LogP contribution >= 0.6 is 22.6 Å². The maximum atomic E-state index is 9.29. The second-order valence-corrected chi connectivity index (χ2v) is 4.46. The number of halogens is 1. The molecule has 0 aliphatic rings. The average molecular weight is 291 g/mol. The highest BCUT2D eigenvalue weighted by Gasteiger charge is 2.00. The summed E-state index contributed by atoms with van der Waals surface area (Å²) in [6.45, 7) is 2.01. The van der Waals surface area contributed by atoms with Crippen LogP contribution in [0.5, 0.6) is 5.75 Å². The summed E-state index contributed by atoms with van der Waals surface area (Å²) < 4.78 is 0.903. The van der Waals surface area contributed by atoms with Crippen molar-refractivity contribution in [3.8, 4) is 5.75 Å². The van der Waals surface area contributed by atoms with Gasteiger partial charge in [0, 0.05) is 6.04 Å². The van der Waals surface area contributed by atoms with Gasteiger partial charge in [-0.25, -0.2) is 0 Å². The smallest absolute Gasteiger partial charge is 0.128 e. The Morgan fingerprint density at radius 1 is 1.54 bits per heavy atom. The highest BCUT2D eigenvalue weighted by molar-refractivity contribution is 14.1. The summed E-state index contributed by atoms with van der Waals surface area (Å²) in [5.74, 6) is 0.352. The lowest BCUT2D eigenvalue weighted by molar-refractivity contribution is 0.471. The highest BCUT2D eigenvalue weighted by Crippen LogP contribution is 2.20. The van der Waals surface area contributed by atoms with Crippen molar-refractivity contribution < 1.29 is 5.11 Å². The average Bonchev–Trinajstić information content (AvgIpc) is 2.07. The third-order valence-electron chi connectivity index (χ3n) is 1.90. The molecule has 13 heavy (non-hydrogen) atoms. The molecule has 0 fully saturated rings. The number of hydrogen-bond donors (Lipinski definition) is 2. The molecule has 1 atom stereocenters. The van der Waals surface area contributed by atoms with Crippen molar-refractivity contribution in [3.05, 3.63) is 27.3 Å². The van der Waals surface area contributed by atoms with E-state index in [-0.39, 0.29) is 6.04 Å². The quantitative estimate of drug-likeness (QED) is 0.839. The Morgan fingerprint density at radius 3 is 2.77 bits per heavy atom. The Labute approximate surface area is 92.3 Å². The van der Waals surface area contributed by atoms with Crippen LogP contribution in [-0.4, -0.2) is 11.1 Å². The van der Waals surface area contributed by atoms with Crippen molar-refractivity contribution in [2.75, 3.05) is 0 Å². The summed E-state index contributed by atoms with van der Waals surface area (Å²) in [6, 6.07) is 5.92.